The Kier molecular flexibility index (Phi) is 7.95. The zero-order valence-corrected chi connectivity index (χ0v) is 21.5. The molecule has 3 heterocycles. The van der Waals surface area contributed by atoms with Crippen molar-refractivity contribution >= 4 is 11.0 Å². The molecule has 2 fully saturated rings. The Hall–Kier alpha value is -3.31. The topological polar surface area (TPSA) is 240 Å². The Balaban J connectivity index is 1.73. The van der Waals surface area contributed by atoms with Crippen molar-refractivity contribution < 1.29 is 64.6 Å². The lowest BCUT2D eigenvalue weighted by Crippen LogP contribution is -2.58. The van der Waals surface area contributed by atoms with E-state index in [2.05, 4.69) is 0 Å². The Morgan fingerprint density at radius 1 is 0.829 bits per heavy atom. The van der Waals surface area contributed by atoms with Crippen LogP contribution in [-0.4, -0.2) is 108 Å². The number of rotatable bonds is 5. The molecule has 41 heavy (non-hydrogen) atoms. The van der Waals surface area contributed by atoms with Gasteiger partial charge in [0.2, 0.25) is 6.29 Å². The summed E-state index contributed by atoms with van der Waals surface area (Å²) in [5.74, 6) is -1.12. The van der Waals surface area contributed by atoms with Crippen molar-refractivity contribution in [1.82, 2.24) is 0 Å². The Morgan fingerprint density at radius 2 is 1.49 bits per heavy atom. The van der Waals surface area contributed by atoms with Gasteiger partial charge < -0.3 is 64.6 Å². The minimum absolute atomic E-state index is 0.0361. The van der Waals surface area contributed by atoms with Crippen molar-refractivity contribution in [2.24, 2.45) is 0 Å². The summed E-state index contributed by atoms with van der Waals surface area (Å²) >= 11 is 0. The van der Waals surface area contributed by atoms with Gasteiger partial charge in [-0.25, -0.2) is 0 Å². The molecule has 1 aromatic heterocycles. The minimum Gasteiger partial charge on any atom is -0.508 e. The third kappa shape index (κ3) is 5.14. The summed E-state index contributed by atoms with van der Waals surface area (Å²) in [4.78, 5) is 13.2. The number of phenolic OH excluding ortho intramolecular Hbond substituents is 2. The molecule has 0 amide bonds. The van der Waals surface area contributed by atoms with E-state index in [0.717, 1.165) is 12.1 Å². The molecular formula is C27H30O14. The van der Waals surface area contributed by atoms with E-state index >= 15 is 0 Å². The van der Waals surface area contributed by atoms with Crippen molar-refractivity contribution in [3.63, 3.8) is 0 Å². The number of hydrogen-bond acceptors (Lipinski definition) is 14. The van der Waals surface area contributed by atoms with Gasteiger partial charge in [-0.3, -0.25) is 4.79 Å². The molecule has 14 nitrogen and oxygen atoms in total. The second-order valence-electron chi connectivity index (χ2n) is 10.1. The van der Waals surface area contributed by atoms with E-state index in [9.17, 15) is 50.8 Å². The largest absolute Gasteiger partial charge is 0.508 e. The van der Waals surface area contributed by atoms with Gasteiger partial charge in [0.05, 0.1) is 18.3 Å². The normalized spacial score (nSPS) is 34.0. The van der Waals surface area contributed by atoms with Crippen LogP contribution < -0.4 is 10.2 Å². The van der Waals surface area contributed by atoms with E-state index < -0.39 is 79.0 Å². The van der Waals surface area contributed by atoms with Crippen LogP contribution >= 0.6 is 0 Å². The van der Waals surface area contributed by atoms with Crippen LogP contribution in [-0.2, 0) is 9.47 Å². The van der Waals surface area contributed by atoms with E-state index in [-0.39, 0.29) is 33.8 Å². The highest BCUT2D eigenvalue weighted by molar-refractivity contribution is 5.89. The smallest absolute Gasteiger partial charge is 0.229 e. The highest BCUT2D eigenvalue weighted by Crippen LogP contribution is 2.45. The molecule has 0 unspecified atom stereocenters. The van der Waals surface area contributed by atoms with Gasteiger partial charge in [0, 0.05) is 17.7 Å². The summed E-state index contributed by atoms with van der Waals surface area (Å²) in [6, 6.07) is 7.63. The molecule has 0 radical (unpaired) electrons. The maximum absolute atomic E-state index is 13.2. The number of hydrogen-bond donors (Lipinski definition) is 9. The van der Waals surface area contributed by atoms with Gasteiger partial charge in [0.1, 0.15) is 77.2 Å². The van der Waals surface area contributed by atoms with Crippen LogP contribution in [0.25, 0.3) is 22.3 Å². The lowest BCUT2D eigenvalue weighted by Gasteiger charge is -2.42. The van der Waals surface area contributed by atoms with Gasteiger partial charge in [-0.1, -0.05) is 0 Å². The zero-order valence-electron chi connectivity index (χ0n) is 21.5. The van der Waals surface area contributed by atoms with E-state index in [1.54, 1.807) is 0 Å². The highest BCUT2D eigenvalue weighted by Gasteiger charge is 2.48. The first-order chi connectivity index (χ1) is 19.4. The number of aromatic hydroxyl groups is 2. The second kappa shape index (κ2) is 11.2. The summed E-state index contributed by atoms with van der Waals surface area (Å²) in [5.41, 5.74) is -1.04. The van der Waals surface area contributed by atoms with E-state index in [1.807, 2.05) is 0 Å². The Labute approximate surface area is 231 Å². The van der Waals surface area contributed by atoms with E-state index in [0.29, 0.717) is 5.56 Å². The van der Waals surface area contributed by atoms with Crippen molar-refractivity contribution in [2.45, 2.75) is 68.1 Å². The number of fused-ring (bicyclic) bond motifs is 1. The molecule has 0 bridgehead atoms. The molecule has 5 rings (SSSR count). The molecule has 10 atom stereocenters. The molecule has 14 heteroatoms. The Morgan fingerprint density at radius 3 is 2.15 bits per heavy atom. The highest BCUT2D eigenvalue weighted by atomic mass is 16.7. The van der Waals surface area contributed by atoms with Gasteiger partial charge in [-0.05, 0) is 31.2 Å². The average Bonchev–Trinajstić information content (AvgIpc) is 2.94. The van der Waals surface area contributed by atoms with Crippen molar-refractivity contribution in [2.75, 3.05) is 6.61 Å². The lowest BCUT2D eigenvalue weighted by molar-refractivity contribution is -0.269. The number of aliphatic hydroxyl groups is 7. The van der Waals surface area contributed by atoms with Crippen molar-refractivity contribution in [3.05, 3.63) is 52.2 Å². The number of aliphatic hydroxyl groups excluding tert-OH is 7. The predicted molar refractivity (Wildman–Crippen MR) is 137 cm³/mol. The molecule has 2 aliphatic rings. The summed E-state index contributed by atoms with van der Waals surface area (Å²) < 4.78 is 23.1. The first-order valence-electron chi connectivity index (χ1n) is 12.7. The minimum atomic E-state index is -1.88. The van der Waals surface area contributed by atoms with Gasteiger partial charge in [0.25, 0.3) is 0 Å². The fourth-order valence-corrected chi connectivity index (χ4v) is 5.02. The fraction of sp³-hybridized carbons (Fsp3) is 0.444. The van der Waals surface area contributed by atoms with Crippen LogP contribution in [0.5, 0.6) is 17.2 Å². The zero-order chi connectivity index (χ0) is 29.7. The monoisotopic (exact) mass is 578 g/mol. The summed E-state index contributed by atoms with van der Waals surface area (Å²) in [6.45, 7) is 0.637. The van der Waals surface area contributed by atoms with Gasteiger partial charge in [-0.2, -0.15) is 0 Å². The van der Waals surface area contributed by atoms with Crippen LogP contribution in [0.2, 0.25) is 0 Å². The lowest BCUT2D eigenvalue weighted by atomic mass is 9.89. The first-order valence-corrected chi connectivity index (χ1v) is 12.7. The number of ether oxygens (including phenoxy) is 3. The van der Waals surface area contributed by atoms with Crippen LogP contribution in [0.3, 0.4) is 0 Å². The second-order valence-corrected chi connectivity index (χ2v) is 10.1. The quantitative estimate of drug-likeness (QED) is 0.169. The molecule has 0 aliphatic carbocycles. The molecule has 0 saturated carbocycles. The fourth-order valence-electron chi connectivity index (χ4n) is 5.02. The van der Waals surface area contributed by atoms with E-state index in [1.165, 1.54) is 31.2 Å². The molecular weight excluding hydrogens is 548 g/mol. The number of phenols is 2. The van der Waals surface area contributed by atoms with Gasteiger partial charge >= 0.3 is 0 Å². The van der Waals surface area contributed by atoms with E-state index in [4.69, 9.17) is 18.6 Å². The molecule has 0 spiro atoms. The van der Waals surface area contributed by atoms with Crippen LogP contribution in [0.15, 0.2) is 45.6 Å². The van der Waals surface area contributed by atoms with Crippen LogP contribution in [0.4, 0.5) is 0 Å². The summed E-state index contributed by atoms with van der Waals surface area (Å²) in [6.07, 6.45) is -16.1. The maximum Gasteiger partial charge on any atom is 0.229 e. The average molecular weight is 579 g/mol. The first kappa shape index (κ1) is 29.2. The predicted octanol–water partition coefficient (Wildman–Crippen LogP) is -1.41. The third-order valence-corrected chi connectivity index (χ3v) is 7.36. The molecule has 9 N–H and O–H groups in total. The molecule has 2 aliphatic heterocycles. The third-order valence-electron chi connectivity index (χ3n) is 7.36. The molecule has 222 valence electrons. The molecule has 2 saturated heterocycles. The van der Waals surface area contributed by atoms with Gasteiger partial charge in [0.15, 0.2) is 11.0 Å². The van der Waals surface area contributed by atoms with Crippen molar-refractivity contribution in [1.29, 1.82) is 0 Å². The molecule has 2 aromatic carbocycles. The summed E-state index contributed by atoms with van der Waals surface area (Å²) in [7, 11) is 0. The number of benzene rings is 2. The maximum atomic E-state index is 13.2. The van der Waals surface area contributed by atoms with Crippen molar-refractivity contribution in [3.8, 4) is 28.6 Å². The van der Waals surface area contributed by atoms with Crippen LogP contribution in [0, 0.1) is 0 Å². The SMILES string of the molecule is C[C@H]1O[C@@H](Oc2cc(O)c3c(=O)cc(-c4ccc(O)cc4)oc3c2[C@@H]2O[C@@H](CO)[C@@H](O)[C@@H](O)[C@H]2O)[C@@H](O)[C@@H](O)[C@@H]1O. The standard InChI is InChI=1S/C27H30O14/c1-9-19(32)21(34)24(37)27(38-9)41-15-7-13(31)17-12(30)6-14(10-2-4-11(29)5-3-10)39-25(17)18(15)26-23(36)22(35)20(33)16(8-28)40-26/h2-7,9,16,19-24,26-29,31-37H,8H2,1H3/t9-,16+,19-,20-,21+,22-,23-,24+,26+,27+/m1/s1. The van der Waals surface area contributed by atoms with Gasteiger partial charge in [-0.15, -0.1) is 0 Å². The summed E-state index contributed by atoms with van der Waals surface area (Å²) in [5, 5.41) is 92.5. The Bertz CT molecular complexity index is 1450. The molecule has 3 aromatic rings. The van der Waals surface area contributed by atoms with Crippen LogP contribution in [0.1, 0.15) is 18.6 Å².